The minimum absolute atomic E-state index is 0.275. The molecule has 0 unspecified atom stereocenters. The van der Waals surface area contributed by atoms with Crippen molar-refractivity contribution in [3.63, 3.8) is 0 Å². The van der Waals surface area contributed by atoms with Crippen molar-refractivity contribution in [2.45, 2.75) is 19.8 Å². The summed E-state index contributed by atoms with van der Waals surface area (Å²) in [6.45, 7) is 5.32. The molecule has 1 heterocycles. The first-order chi connectivity index (χ1) is 8.06. The van der Waals surface area contributed by atoms with Gasteiger partial charge in [0.2, 0.25) is 10.0 Å². The first-order valence-electron chi connectivity index (χ1n) is 6.28. The number of nitrogens with zero attached hydrogens (tertiary/aromatic N) is 1. The van der Waals surface area contributed by atoms with Gasteiger partial charge in [-0.1, -0.05) is 0 Å². The van der Waals surface area contributed by atoms with Gasteiger partial charge in [0.05, 0.1) is 12.4 Å². The van der Waals surface area contributed by atoms with Crippen LogP contribution in [0.3, 0.4) is 0 Å². The lowest BCUT2D eigenvalue weighted by Crippen LogP contribution is -2.37. The predicted octanol–water partition coefficient (Wildman–Crippen LogP) is 0.284. The van der Waals surface area contributed by atoms with Gasteiger partial charge in [-0.2, -0.15) is 0 Å². The monoisotopic (exact) mass is 264 g/mol. The second-order valence-corrected chi connectivity index (χ2v) is 6.61. The van der Waals surface area contributed by atoms with Crippen LogP contribution in [0.25, 0.3) is 0 Å². The fourth-order valence-electron chi connectivity index (χ4n) is 1.95. The minimum atomic E-state index is -3.11. The summed E-state index contributed by atoms with van der Waals surface area (Å²) >= 11 is 0. The Morgan fingerprint density at radius 2 is 2.00 bits per heavy atom. The highest BCUT2D eigenvalue weighted by Gasteiger charge is 2.24. The number of ether oxygens (including phenoxy) is 1. The van der Waals surface area contributed by atoms with Crippen LogP contribution in [0, 0.1) is 5.92 Å². The first kappa shape index (κ1) is 14.9. The van der Waals surface area contributed by atoms with E-state index in [4.69, 9.17) is 4.74 Å². The molecular weight excluding hydrogens is 240 g/mol. The van der Waals surface area contributed by atoms with Gasteiger partial charge in [-0.3, -0.25) is 0 Å². The van der Waals surface area contributed by atoms with Crippen molar-refractivity contribution >= 4 is 10.0 Å². The molecule has 6 heteroatoms. The number of hydrogen-bond acceptors (Lipinski definition) is 4. The molecule has 1 aliphatic rings. The van der Waals surface area contributed by atoms with Gasteiger partial charge in [0, 0.05) is 20.2 Å². The van der Waals surface area contributed by atoms with Crippen LogP contribution in [0.15, 0.2) is 0 Å². The quantitative estimate of drug-likeness (QED) is 0.671. The number of rotatable bonds is 7. The topological polar surface area (TPSA) is 58.6 Å². The fourth-order valence-corrected chi connectivity index (χ4v) is 3.49. The highest BCUT2D eigenvalue weighted by molar-refractivity contribution is 7.89. The number of likely N-dealkylation sites (N-methyl/N-ethyl adjacent to an activating group) is 1. The van der Waals surface area contributed by atoms with Gasteiger partial charge < -0.3 is 10.1 Å². The van der Waals surface area contributed by atoms with E-state index in [9.17, 15) is 8.42 Å². The summed E-state index contributed by atoms with van der Waals surface area (Å²) in [5.41, 5.74) is 0. The molecule has 5 nitrogen and oxygen atoms in total. The lowest BCUT2D eigenvalue weighted by atomic mass is 10.0. The van der Waals surface area contributed by atoms with Gasteiger partial charge in [0.15, 0.2) is 0 Å². The van der Waals surface area contributed by atoms with Crippen molar-refractivity contribution in [1.29, 1.82) is 0 Å². The largest absolute Gasteiger partial charge is 0.380 e. The predicted molar refractivity (Wildman–Crippen MR) is 68.5 cm³/mol. The number of hydrogen-bond donors (Lipinski definition) is 1. The molecule has 0 saturated carbocycles. The van der Waals surface area contributed by atoms with Crippen molar-refractivity contribution < 1.29 is 13.2 Å². The molecule has 0 amide bonds. The molecule has 0 aromatic carbocycles. The molecule has 0 aromatic heterocycles. The van der Waals surface area contributed by atoms with Crippen LogP contribution < -0.4 is 5.32 Å². The van der Waals surface area contributed by atoms with Crippen molar-refractivity contribution in [2.75, 3.05) is 45.6 Å². The Kier molecular flexibility index (Phi) is 6.40. The average Bonchev–Trinajstić information content (AvgIpc) is 2.30. The van der Waals surface area contributed by atoms with E-state index in [1.807, 2.05) is 6.92 Å². The number of sulfonamides is 1. The Morgan fingerprint density at radius 1 is 1.35 bits per heavy atom. The van der Waals surface area contributed by atoms with E-state index in [2.05, 4.69) is 5.32 Å². The third-order valence-corrected chi connectivity index (χ3v) is 5.16. The van der Waals surface area contributed by atoms with E-state index in [-0.39, 0.29) is 5.75 Å². The summed E-state index contributed by atoms with van der Waals surface area (Å²) in [4.78, 5) is 0. The molecule has 1 fully saturated rings. The van der Waals surface area contributed by atoms with Gasteiger partial charge in [-0.25, -0.2) is 12.7 Å². The van der Waals surface area contributed by atoms with Crippen molar-refractivity contribution in [3.05, 3.63) is 0 Å². The van der Waals surface area contributed by atoms with Gasteiger partial charge in [-0.05, 0) is 38.8 Å². The standard InChI is InChI=1S/C11H24N2O3S/c1-3-16-9-8-13(2)17(14,15)10-11-4-6-12-7-5-11/h11-12H,3-10H2,1-2H3. The van der Waals surface area contributed by atoms with E-state index in [1.54, 1.807) is 7.05 Å². The van der Waals surface area contributed by atoms with E-state index < -0.39 is 10.0 Å². The highest BCUT2D eigenvalue weighted by atomic mass is 32.2. The molecule has 0 radical (unpaired) electrons. The summed E-state index contributed by atoms with van der Waals surface area (Å²) in [5, 5.41) is 3.24. The zero-order valence-corrected chi connectivity index (χ0v) is 11.6. The second kappa shape index (κ2) is 7.31. The molecule has 0 atom stereocenters. The Morgan fingerprint density at radius 3 is 2.59 bits per heavy atom. The van der Waals surface area contributed by atoms with Gasteiger partial charge in [0.25, 0.3) is 0 Å². The van der Waals surface area contributed by atoms with E-state index >= 15 is 0 Å². The molecule has 102 valence electrons. The van der Waals surface area contributed by atoms with E-state index in [1.165, 1.54) is 4.31 Å². The highest BCUT2D eigenvalue weighted by Crippen LogP contribution is 2.15. The maximum atomic E-state index is 12.0. The van der Waals surface area contributed by atoms with Crippen molar-refractivity contribution in [1.82, 2.24) is 9.62 Å². The molecule has 0 spiro atoms. The third kappa shape index (κ3) is 5.33. The van der Waals surface area contributed by atoms with Gasteiger partial charge in [-0.15, -0.1) is 0 Å². The number of nitrogens with one attached hydrogen (secondary N) is 1. The average molecular weight is 264 g/mol. The maximum absolute atomic E-state index is 12.0. The zero-order chi connectivity index (χ0) is 12.7. The molecule has 0 bridgehead atoms. The van der Waals surface area contributed by atoms with Crippen LogP contribution in [-0.2, 0) is 14.8 Å². The maximum Gasteiger partial charge on any atom is 0.214 e. The third-order valence-electron chi connectivity index (χ3n) is 3.13. The SMILES string of the molecule is CCOCCN(C)S(=O)(=O)CC1CCNCC1. The summed E-state index contributed by atoms with van der Waals surface area (Å²) in [6.07, 6.45) is 1.91. The molecule has 0 aliphatic carbocycles. The van der Waals surface area contributed by atoms with Crippen LogP contribution in [0.1, 0.15) is 19.8 Å². The first-order valence-corrected chi connectivity index (χ1v) is 7.89. The Balaban J connectivity index is 2.37. The Bertz CT molecular complexity index is 300. The van der Waals surface area contributed by atoms with Gasteiger partial charge >= 0.3 is 0 Å². The molecule has 0 aromatic rings. The smallest absolute Gasteiger partial charge is 0.214 e. The van der Waals surface area contributed by atoms with Crippen molar-refractivity contribution in [2.24, 2.45) is 5.92 Å². The lowest BCUT2D eigenvalue weighted by Gasteiger charge is -2.25. The summed E-state index contributed by atoms with van der Waals surface area (Å²) in [5.74, 6) is 0.577. The molecule has 1 N–H and O–H groups in total. The minimum Gasteiger partial charge on any atom is -0.380 e. The second-order valence-electron chi connectivity index (χ2n) is 4.49. The summed E-state index contributed by atoms with van der Waals surface area (Å²) in [7, 11) is -1.48. The molecule has 1 rings (SSSR count). The van der Waals surface area contributed by atoms with E-state index in [0.29, 0.717) is 25.7 Å². The Labute approximate surface area is 105 Å². The van der Waals surface area contributed by atoms with Gasteiger partial charge in [0.1, 0.15) is 0 Å². The molecule has 1 aliphatic heterocycles. The summed E-state index contributed by atoms with van der Waals surface area (Å²) < 4.78 is 30.7. The lowest BCUT2D eigenvalue weighted by molar-refractivity contribution is 0.138. The normalized spacial score (nSPS) is 18.8. The Hall–Kier alpha value is -0.170. The molecule has 1 saturated heterocycles. The zero-order valence-electron chi connectivity index (χ0n) is 10.8. The van der Waals surface area contributed by atoms with Crippen LogP contribution in [0.2, 0.25) is 0 Å². The van der Waals surface area contributed by atoms with Crippen LogP contribution in [0.5, 0.6) is 0 Å². The molecule has 17 heavy (non-hydrogen) atoms. The van der Waals surface area contributed by atoms with Crippen molar-refractivity contribution in [3.8, 4) is 0 Å². The fraction of sp³-hybridized carbons (Fsp3) is 1.00. The number of piperidine rings is 1. The molecular formula is C11H24N2O3S. The van der Waals surface area contributed by atoms with E-state index in [0.717, 1.165) is 25.9 Å². The van der Waals surface area contributed by atoms with Crippen LogP contribution >= 0.6 is 0 Å². The van der Waals surface area contributed by atoms with Crippen LogP contribution in [0.4, 0.5) is 0 Å². The summed E-state index contributed by atoms with van der Waals surface area (Å²) in [6, 6.07) is 0. The van der Waals surface area contributed by atoms with Crippen LogP contribution in [-0.4, -0.2) is 58.4 Å².